The number of benzene rings is 2. The molecule has 2 saturated heterocycles. The predicted molar refractivity (Wildman–Crippen MR) is 143 cm³/mol. The van der Waals surface area contributed by atoms with Gasteiger partial charge in [-0.25, -0.2) is 8.78 Å². The Bertz CT molecular complexity index is 1050. The molecule has 2 aromatic carbocycles. The Balaban J connectivity index is 1.51. The lowest BCUT2D eigenvalue weighted by Crippen LogP contribution is -2.35. The monoisotopic (exact) mass is 500 g/mol. The Morgan fingerprint density at radius 1 is 1.09 bits per heavy atom. The first kappa shape index (κ1) is 25.3. The number of nitrogens with one attached hydrogen (secondary N) is 1. The van der Waals surface area contributed by atoms with Gasteiger partial charge in [-0.15, -0.1) is 0 Å². The molecule has 6 nitrogen and oxygen atoms in total. The molecule has 4 rings (SSSR count). The van der Waals surface area contributed by atoms with Crippen molar-refractivity contribution < 1.29 is 8.78 Å². The van der Waals surface area contributed by atoms with Crippen molar-refractivity contribution in [1.82, 2.24) is 10.3 Å². The molecule has 0 aromatic heterocycles. The van der Waals surface area contributed by atoms with E-state index in [1.54, 1.807) is 12.3 Å². The maximum Gasteiger partial charge on any atom is 0.184 e. The summed E-state index contributed by atoms with van der Waals surface area (Å²) in [5, 5.41) is 4.15. The van der Waals surface area contributed by atoms with Gasteiger partial charge in [0.25, 0.3) is 0 Å². The third-order valence-corrected chi connectivity index (χ3v) is 7.19. The van der Waals surface area contributed by atoms with Crippen LogP contribution in [0.15, 0.2) is 41.5 Å². The molecule has 188 valence electrons. The van der Waals surface area contributed by atoms with Crippen LogP contribution >= 0.6 is 12.2 Å². The highest BCUT2D eigenvalue weighted by molar-refractivity contribution is 7.80. The quantitative estimate of drug-likeness (QED) is 0.343. The number of piperidine rings is 1. The molecular weight excluding hydrogens is 466 g/mol. The van der Waals surface area contributed by atoms with Gasteiger partial charge in [-0.2, -0.15) is 5.10 Å². The highest BCUT2D eigenvalue weighted by Gasteiger charge is 2.28. The number of halogens is 2. The van der Waals surface area contributed by atoms with E-state index in [9.17, 15) is 4.39 Å². The van der Waals surface area contributed by atoms with E-state index in [0.29, 0.717) is 23.2 Å². The Kier molecular flexibility index (Phi) is 8.18. The molecule has 0 bridgehead atoms. The van der Waals surface area contributed by atoms with Crippen molar-refractivity contribution in [2.75, 3.05) is 50.1 Å². The van der Waals surface area contributed by atoms with Gasteiger partial charge in [-0.05, 0) is 87.7 Å². The molecule has 35 heavy (non-hydrogen) atoms. The van der Waals surface area contributed by atoms with Crippen LogP contribution in [0, 0.1) is 17.6 Å². The summed E-state index contributed by atoms with van der Waals surface area (Å²) >= 11 is 4.82. The topological polar surface area (TPSA) is 60.1 Å². The fourth-order valence-corrected chi connectivity index (χ4v) is 5.12. The lowest BCUT2D eigenvalue weighted by molar-refractivity contribution is 0.315. The molecular formula is C26H34F2N6S. The molecule has 0 spiro atoms. The second-order valence-electron chi connectivity index (χ2n) is 9.71. The van der Waals surface area contributed by atoms with Crippen molar-refractivity contribution in [3.8, 4) is 0 Å². The maximum absolute atomic E-state index is 15.3. The van der Waals surface area contributed by atoms with E-state index in [0.717, 1.165) is 63.1 Å². The Hall–Kier alpha value is -2.78. The summed E-state index contributed by atoms with van der Waals surface area (Å²) in [5.41, 5.74) is 11.5. The molecule has 9 heteroatoms. The minimum Gasteiger partial charge on any atom is -0.375 e. The highest BCUT2D eigenvalue weighted by Crippen LogP contribution is 2.34. The molecule has 1 unspecified atom stereocenters. The number of nitrogens with zero attached hydrogens (tertiary/aromatic N) is 4. The minimum atomic E-state index is -0.258. The van der Waals surface area contributed by atoms with Crippen molar-refractivity contribution in [2.45, 2.75) is 31.7 Å². The van der Waals surface area contributed by atoms with Gasteiger partial charge in [0.15, 0.2) is 5.11 Å². The van der Waals surface area contributed by atoms with E-state index < -0.39 is 0 Å². The van der Waals surface area contributed by atoms with Crippen molar-refractivity contribution in [3.63, 3.8) is 0 Å². The van der Waals surface area contributed by atoms with Crippen LogP contribution in [-0.4, -0.2) is 62.5 Å². The highest BCUT2D eigenvalue weighted by atomic mass is 32.1. The fourth-order valence-electron chi connectivity index (χ4n) is 5.07. The van der Waals surface area contributed by atoms with Crippen LogP contribution in [-0.2, 0) is 6.42 Å². The van der Waals surface area contributed by atoms with E-state index in [4.69, 9.17) is 18.0 Å². The van der Waals surface area contributed by atoms with Crippen LogP contribution < -0.4 is 21.0 Å². The summed E-state index contributed by atoms with van der Waals surface area (Å²) in [6.07, 6.45) is 5.50. The largest absolute Gasteiger partial charge is 0.375 e. The molecule has 2 heterocycles. The maximum atomic E-state index is 15.3. The third kappa shape index (κ3) is 6.46. The molecule has 1 atom stereocenters. The second-order valence-corrected chi connectivity index (χ2v) is 10.1. The number of rotatable bonds is 7. The lowest BCUT2D eigenvalue weighted by Gasteiger charge is -2.35. The minimum absolute atomic E-state index is 0.0669. The summed E-state index contributed by atoms with van der Waals surface area (Å²) in [7, 11) is 4.18. The Morgan fingerprint density at radius 2 is 1.77 bits per heavy atom. The van der Waals surface area contributed by atoms with E-state index in [2.05, 4.69) is 39.3 Å². The molecule has 2 aliphatic rings. The van der Waals surface area contributed by atoms with Gasteiger partial charge in [0.1, 0.15) is 11.6 Å². The number of hydrazone groups is 1. The van der Waals surface area contributed by atoms with Gasteiger partial charge >= 0.3 is 0 Å². The van der Waals surface area contributed by atoms with Crippen LogP contribution in [0.4, 0.5) is 20.2 Å². The van der Waals surface area contributed by atoms with Gasteiger partial charge < -0.3 is 20.4 Å². The smallest absolute Gasteiger partial charge is 0.184 e. The Morgan fingerprint density at radius 3 is 2.40 bits per heavy atom. The van der Waals surface area contributed by atoms with Gasteiger partial charge in [0.2, 0.25) is 0 Å². The molecule has 2 aliphatic heterocycles. The molecule has 0 saturated carbocycles. The number of hydrogen-bond acceptors (Lipinski definition) is 5. The molecule has 2 aromatic rings. The van der Waals surface area contributed by atoms with Gasteiger partial charge in [0, 0.05) is 43.5 Å². The number of thiocarbonyl (C=S) groups is 1. The normalized spacial score (nSPS) is 19.2. The first-order chi connectivity index (χ1) is 16.8. The van der Waals surface area contributed by atoms with Crippen LogP contribution in [0.25, 0.3) is 0 Å². The van der Waals surface area contributed by atoms with Crippen molar-refractivity contribution in [2.24, 2.45) is 16.8 Å². The summed E-state index contributed by atoms with van der Waals surface area (Å²) in [6.45, 7) is 3.36. The molecule has 2 fully saturated rings. The lowest BCUT2D eigenvalue weighted by atomic mass is 9.90. The second kappa shape index (κ2) is 11.3. The Labute approximate surface area is 211 Å². The van der Waals surface area contributed by atoms with Crippen molar-refractivity contribution in [3.05, 3.63) is 59.2 Å². The van der Waals surface area contributed by atoms with E-state index in [1.807, 2.05) is 18.2 Å². The van der Waals surface area contributed by atoms with Gasteiger partial charge in [-0.1, -0.05) is 12.1 Å². The number of nitrogens with two attached hydrogens (primary N) is 1. The summed E-state index contributed by atoms with van der Waals surface area (Å²) in [5.74, 6) is 0.0434. The zero-order valence-electron chi connectivity index (χ0n) is 20.4. The van der Waals surface area contributed by atoms with Crippen LogP contribution in [0.5, 0.6) is 0 Å². The van der Waals surface area contributed by atoms with Crippen LogP contribution in [0.2, 0.25) is 0 Å². The van der Waals surface area contributed by atoms with E-state index in [1.165, 1.54) is 12.1 Å². The predicted octanol–water partition coefficient (Wildman–Crippen LogP) is 3.73. The first-order valence-electron chi connectivity index (χ1n) is 12.1. The van der Waals surface area contributed by atoms with Crippen LogP contribution in [0.3, 0.4) is 0 Å². The average Bonchev–Trinajstić information content (AvgIpc) is 3.32. The third-order valence-electron chi connectivity index (χ3n) is 7.10. The zero-order chi connectivity index (χ0) is 24.9. The van der Waals surface area contributed by atoms with E-state index in [-0.39, 0.29) is 16.7 Å². The standard InChI is InChI=1S/C26H34F2N6S/c1-32(2)22-9-12-34(17-22)24-15-25(23(28)14-20(24)16-30-31-26(29)35)33-10-7-19(8-11-33)13-18-3-5-21(27)6-4-18/h3-6,14-16,19,22H,7-13,17H2,1-2H3,(H3,29,31,35)/b30-16+. The van der Waals surface area contributed by atoms with E-state index >= 15 is 4.39 Å². The van der Waals surface area contributed by atoms with Crippen LogP contribution in [0.1, 0.15) is 30.4 Å². The number of hydrogen-bond donors (Lipinski definition) is 2. The molecule has 0 radical (unpaired) electrons. The molecule has 0 amide bonds. The van der Waals surface area contributed by atoms with Crippen molar-refractivity contribution in [1.29, 1.82) is 0 Å². The van der Waals surface area contributed by atoms with Gasteiger partial charge in [0.05, 0.1) is 11.9 Å². The molecule has 3 N–H and O–H groups in total. The number of anilines is 2. The number of likely N-dealkylation sites (N-methyl/N-ethyl adjacent to an activating group) is 1. The fraction of sp³-hybridized carbons (Fsp3) is 0.462. The summed E-state index contributed by atoms with van der Waals surface area (Å²) in [6, 6.07) is 10.7. The average molecular weight is 501 g/mol. The summed E-state index contributed by atoms with van der Waals surface area (Å²) in [4.78, 5) is 6.68. The van der Waals surface area contributed by atoms with Gasteiger partial charge in [-0.3, -0.25) is 5.43 Å². The molecule has 0 aliphatic carbocycles. The van der Waals surface area contributed by atoms with Crippen molar-refractivity contribution >= 4 is 34.9 Å². The summed E-state index contributed by atoms with van der Waals surface area (Å²) < 4.78 is 28.5. The SMILES string of the molecule is CN(C)C1CCN(c2cc(N3CCC(Cc4ccc(F)cc4)CC3)c(F)cc2/C=N/NC(N)=S)C1. The zero-order valence-corrected chi connectivity index (χ0v) is 21.2. The first-order valence-corrected chi connectivity index (χ1v) is 12.5.